The summed E-state index contributed by atoms with van der Waals surface area (Å²) in [5.41, 5.74) is 0.0972. The SMILES string of the molecule is CN(C)C(=O)CN=C(NCC1CCCCC1)NC1C2CCOC2C1(C)C. The molecule has 26 heavy (non-hydrogen) atoms. The third-order valence-corrected chi connectivity index (χ3v) is 6.55. The lowest BCUT2D eigenvalue weighted by atomic mass is 9.57. The molecule has 0 spiro atoms. The molecular formula is C20H36N4O2. The van der Waals surface area contributed by atoms with Gasteiger partial charge in [-0.25, -0.2) is 4.99 Å². The summed E-state index contributed by atoms with van der Waals surface area (Å²) in [5.74, 6) is 2.08. The first-order chi connectivity index (χ1) is 12.4. The Morgan fingerprint density at radius 3 is 2.62 bits per heavy atom. The molecule has 6 nitrogen and oxygen atoms in total. The highest BCUT2D eigenvalue weighted by Crippen LogP contribution is 2.52. The molecule has 3 atom stereocenters. The van der Waals surface area contributed by atoms with Gasteiger partial charge in [-0.15, -0.1) is 0 Å². The molecule has 2 N–H and O–H groups in total. The molecule has 3 unspecified atom stereocenters. The Hall–Kier alpha value is -1.30. The lowest BCUT2D eigenvalue weighted by Crippen LogP contribution is -2.68. The highest BCUT2D eigenvalue weighted by atomic mass is 16.5. The summed E-state index contributed by atoms with van der Waals surface area (Å²) in [6, 6.07) is 0.349. The molecule has 0 bridgehead atoms. The van der Waals surface area contributed by atoms with Crippen molar-refractivity contribution in [1.82, 2.24) is 15.5 Å². The van der Waals surface area contributed by atoms with Crippen LogP contribution in [0.4, 0.5) is 0 Å². The number of fused-ring (bicyclic) bond motifs is 1. The van der Waals surface area contributed by atoms with E-state index in [1.54, 1.807) is 19.0 Å². The summed E-state index contributed by atoms with van der Waals surface area (Å²) in [6.45, 7) is 6.52. The minimum atomic E-state index is 0.0266. The van der Waals surface area contributed by atoms with Crippen molar-refractivity contribution in [3.63, 3.8) is 0 Å². The fourth-order valence-electron chi connectivity index (χ4n) is 4.84. The average molecular weight is 365 g/mol. The van der Waals surface area contributed by atoms with Crippen LogP contribution in [0.15, 0.2) is 4.99 Å². The van der Waals surface area contributed by atoms with Crippen molar-refractivity contribution in [1.29, 1.82) is 0 Å². The third kappa shape index (κ3) is 4.16. The van der Waals surface area contributed by atoms with E-state index in [9.17, 15) is 4.79 Å². The molecule has 148 valence electrons. The summed E-state index contributed by atoms with van der Waals surface area (Å²) in [4.78, 5) is 18.2. The van der Waals surface area contributed by atoms with Crippen molar-refractivity contribution < 1.29 is 9.53 Å². The second kappa shape index (κ2) is 8.15. The van der Waals surface area contributed by atoms with Gasteiger partial charge in [0, 0.05) is 44.6 Å². The molecule has 0 aromatic rings. The number of rotatable bonds is 5. The number of likely N-dealkylation sites (N-methyl/N-ethyl adjacent to an activating group) is 1. The normalized spacial score (nSPS) is 31.1. The lowest BCUT2D eigenvalue weighted by molar-refractivity contribution is -0.127. The summed E-state index contributed by atoms with van der Waals surface area (Å²) < 4.78 is 5.90. The molecule has 1 amide bonds. The van der Waals surface area contributed by atoms with Crippen LogP contribution in [-0.2, 0) is 9.53 Å². The number of carbonyl (C=O) groups is 1. The van der Waals surface area contributed by atoms with Crippen LogP contribution < -0.4 is 10.6 Å². The Labute approximate surface area is 158 Å². The number of guanidine groups is 1. The first-order valence-corrected chi connectivity index (χ1v) is 10.3. The van der Waals surface area contributed by atoms with Gasteiger partial charge in [-0.05, 0) is 25.2 Å². The molecule has 3 rings (SSSR count). The van der Waals surface area contributed by atoms with E-state index in [0.717, 1.165) is 31.4 Å². The Morgan fingerprint density at radius 2 is 1.92 bits per heavy atom. The van der Waals surface area contributed by atoms with Gasteiger partial charge in [-0.1, -0.05) is 33.1 Å². The number of carbonyl (C=O) groups excluding carboxylic acids is 1. The zero-order valence-corrected chi connectivity index (χ0v) is 16.9. The van der Waals surface area contributed by atoms with Crippen molar-refractivity contribution in [3.05, 3.63) is 0 Å². The van der Waals surface area contributed by atoms with Crippen LogP contribution >= 0.6 is 0 Å². The molecule has 2 saturated carbocycles. The van der Waals surface area contributed by atoms with Crippen LogP contribution in [0.1, 0.15) is 52.4 Å². The predicted octanol–water partition coefficient (Wildman–Crippen LogP) is 2.00. The summed E-state index contributed by atoms with van der Waals surface area (Å²) in [6.07, 6.45) is 8.09. The average Bonchev–Trinajstić information content (AvgIpc) is 3.08. The van der Waals surface area contributed by atoms with Gasteiger partial charge in [-0.2, -0.15) is 0 Å². The van der Waals surface area contributed by atoms with E-state index in [2.05, 4.69) is 29.5 Å². The molecule has 2 aliphatic carbocycles. The van der Waals surface area contributed by atoms with Crippen LogP contribution in [-0.4, -0.2) is 62.7 Å². The Kier molecular flexibility index (Phi) is 6.10. The van der Waals surface area contributed by atoms with E-state index in [0.29, 0.717) is 18.1 Å². The van der Waals surface area contributed by atoms with Crippen molar-refractivity contribution in [2.75, 3.05) is 33.8 Å². The van der Waals surface area contributed by atoms with E-state index >= 15 is 0 Å². The summed E-state index contributed by atoms with van der Waals surface area (Å²) in [7, 11) is 3.55. The van der Waals surface area contributed by atoms with Crippen LogP contribution in [0.25, 0.3) is 0 Å². The summed E-state index contributed by atoms with van der Waals surface area (Å²) >= 11 is 0. The maximum absolute atomic E-state index is 12.0. The lowest BCUT2D eigenvalue weighted by Gasteiger charge is -2.55. The van der Waals surface area contributed by atoms with E-state index < -0.39 is 0 Å². The molecule has 0 aromatic carbocycles. The van der Waals surface area contributed by atoms with Crippen LogP contribution in [0.2, 0.25) is 0 Å². The second-order valence-electron chi connectivity index (χ2n) is 9.03. The molecule has 0 aromatic heterocycles. The monoisotopic (exact) mass is 364 g/mol. The standard InChI is InChI=1S/C20H36N4O2/c1-20(2)17(15-10-11-26-18(15)20)23-19(22-13-16(25)24(3)4)21-12-14-8-6-5-7-9-14/h14-15,17-18H,5-13H2,1-4H3,(H2,21,22,23). The second-order valence-corrected chi connectivity index (χ2v) is 9.03. The number of amides is 1. The highest BCUT2D eigenvalue weighted by molar-refractivity contribution is 5.85. The zero-order valence-electron chi connectivity index (χ0n) is 16.9. The number of hydrogen-bond donors (Lipinski definition) is 2. The van der Waals surface area contributed by atoms with Crippen molar-refractivity contribution >= 4 is 11.9 Å². The quantitative estimate of drug-likeness (QED) is 0.578. The van der Waals surface area contributed by atoms with E-state index in [1.165, 1.54) is 32.1 Å². The van der Waals surface area contributed by atoms with Crippen LogP contribution in [0.5, 0.6) is 0 Å². The molecule has 1 saturated heterocycles. The minimum absolute atomic E-state index is 0.0266. The van der Waals surface area contributed by atoms with Gasteiger partial charge in [0.2, 0.25) is 5.91 Å². The molecule has 6 heteroatoms. The molecule has 3 fully saturated rings. The minimum Gasteiger partial charge on any atom is -0.377 e. The number of nitrogens with one attached hydrogen (secondary N) is 2. The summed E-state index contributed by atoms with van der Waals surface area (Å²) in [5, 5.41) is 7.17. The number of ether oxygens (including phenoxy) is 1. The van der Waals surface area contributed by atoms with Crippen molar-refractivity contribution in [3.8, 4) is 0 Å². The molecular weight excluding hydrogens is 328 g/mol. The van der Waals surface area contributed by atoms with E-state index in [1.807, 2.05) is 0 Å². The van der Waals surface area contributed by atoms with Gasteiger partial charge in [0.25, 0.3) is 0 Å². The van der Waals surface area contributed by atoms with Gasteiger partial charge >= 0.3 is 0 Å². The highest BCUT2D eigenvalue weighted by Gasteiger charge is 2.59. The van der Waals surface area contributed by atoms with E-state index in [4.69, 9.17) is 4.74 Å². The van der Waals surface area contributed by atoms with Gasteiger partial charge in [0.05, 0.1) is 6.10 Å². The maximum atomic E-state index is 12.0. The molecule has 1 heterocycles. The largest absolute Gasteiger partial charge is 0.377 e. The van der Waals surface area contributed by atoms with E-state index in [-0.39, 0.29) is 17.9 Å². The van der Waals surface area contributed by atoms with Crippen LogP contribution in [0.3, 0.4) is 0 Å². The first-order valence-electron chi connectivity index (χ1n) is 10.3. The molecule has 3 aliphatic rings. The van der Waals surface area contributed by atoms with Crippen molar-refractivity contribution in [2.24, 2.45) is 22.2 Å². The Bertz CT molecular complexity index is 526. The first kappa shape index (κ1) is 19.5. The van der Waals surface area contributed by atoms with Gasteiger partial charge < -0.3 is 20.3 Å². The molecule has 0 radical (unpaired) electrons. The van der Waals surface area contributed by atoms with Crippen molar-refractivity contribution in [2.45, 2.75) is 64.5 Å². The Balaban J connectivity index is 1.62. The topological polar surface area (TPSA) is 66.0 Å². The number of nitrogens with zero attached hydrogens (tertiary/aromatic N) is 2. The van der Waals surface area contributed by atoms with Gasteiger partial charge in [0.15, 0.2) is 5.96 Å². The van der Waals surface area contributed by atoms with Crippen LogP contribution in [0, 0.1) is 17.3 Å². The maximum Gasteiger partial charge on any atom is 0.243 e. The number of aliphatic imine (C=N–C) groups is 1. The number of hydrogen-bond acceptors (Lipinski definition) is 3. The fraction of sp³-hybridized carbons (Fsp3) is 0.900. The van der Waals surface area contributed by atoms with Gasteiger partial charge in [-0.3, -0.25) is 4.79 Å². The fourth-order valence-corrected chi connectivity index (χ4v) is 4.84. The van der Waals surface area contributed by atoms with Gasteiger partial charge in [0.1, 0.15) is 6.54 Å². The smallest absolute Gasteiger partial charge is 0.243 e. The Morgan fingerprint density at radius 1 is 1.19 bits per heavy atom. The molecule has 1 aliphatic heterocycles. The zero-order chi connectivity index (χ0) is 18.7. The third-order valence-electron chi connectivity index (χ3n) is 6.55. The predicted molar refractivity (Wildman–Crippen MR) is 104 cm³/mol.